The molecular formula is C19H19N3O4. The fraction of sp³-hybridized carbons (Fsp3) is 0.263. The van der Waals surface area contributed by atoms with Crippen LogP contribution in [0.4, 0.5) is 5.69 Å². The van der Waals surface area contributed by atoms with Crippen molar-refractivity contribution in [3.05, 3.63) is 59.9 Å². The second-order valence-corrected chi connectivity index (χ2v) is 5.91. The van der Waals surface area contributed by atoms with Crippen LogP contribution in [0.2, 0.25) is 0 Å². The smallest absolute Gasteiger partial charge is 0.356 e. The number of carbonyl (C=O) groups excluding carboxylic acids is 3. The minimum absolute atomic E-state index is 0.0582. The number of rotatable bonds is 4. The van der Waals surface area contributed by atoms with E-state index >= 15 is 0 Å². The molecule has 1 fully saturated rings. The van der Waals surface area contributed by atoms with Crippen LogP contribution in [-0.4, -0.2) is 47.4 Å². The Morgan fingerprint density at radius 1 is 1.08 bits per heavy atom. The number of benzene rings is 1. The van der Waals surface area contributed by atoms with E-state index in [0.29, 0.717) is 18.7 Å². The fourth-order valence-electron chi connectivity index (χ4n) is 2.95. The topological polar surface area (TPSA) is 88.6 Å². The van der Waals surface area contributed by atoms with Crippen LogP contribution in [0.25, 0.3) is 0 Å². The number of carbonyl (C=O) groups is 3. The predicted octanol–water partition coefficient (Wildman–Crippen LogP) is 2.11. The summed E-state index contributed by atoms with van der Waals surface area (Å²) >= 11 is 0. The maximum atomic E-state index is 12.8. The highest BCUT2D eigenvalue weighted by molar-refractivity contribution is 6.01. The summed E-state index contributed by atoms with van der Waals surface area (Å²) in [6.45, 7) is 0.468. The van der Waals surface area contributed by atoms with Crippen molar-refractivity contribution in [1.82, 2.24) is 9.88 Å². The third-order valence-corrected chi connectivity index (χ3v) is 4.22. The molecule has 26 heavy (non-hydrogen) atoms. The van der Waals surface area contributed by atoms with Crippen molar-refractivity contribution >= 4 is 23.5 Å². The Morgan fingerprint density at radius 3 is 2.54 bits per heavy atom. The summed E-state index contributed by atoms with van der Waals surface area (Å²) < 4.78 is 4.63. The molecule has 1 aliphatic rings. The average molecular weight is 353 g/mol. The molecule has 0 bridgehead atoms. The average Bonchev–Trinajstić information content (AvgIpc) is 3.17. The molecule has 0 unspecified atom stereocenters. The van der Waals surface area contributed by atoms with Crippen molar-refractivity contribution in [3.8, 4) is 0 Å². The summed E-state index contributed by atoms with van der Waals surface area (Å²) in [4.78, 5) is 42.6. The van der Waals surface area contributed by atoms with Gasteiger partial charge in [-0.25, -0.2) is 9.78 Å². The Morgan fingerprint density at radius 2 is 1.81 bits per heavy atom. The van der Waals surface area contributed by atoms with Gasteiger partial charge in [0.15, 0.2) is 0 Å². The normalized spacial score (nSPS) is 16.2. The number of nitrogens with one attached hydrogen (secondary N) is 1. The number of pyridine rings is 1. The van der Waals surface area contributed by atoms with Crippen LogP contribution >= 0.6 is 0 Å². The second kappa shape index (κ2) is 7.77. The molecule has 7 nitrogen and oxygen atoms in total. The molecule has 1 aromatic heterocycles. The number of likely N-dealkylation sites (tertiary alicyclic amines) is 1. The molecule has 2 heterocycles. The van der Waals surface area contributed by atoms with Crippen molar-refractivity contribution in [2.75, 3.05) is 19.0 Å². The largest absolute Gasteiger partial charge is 0.464 e. The first kappa shape index (κ1) is 17.6. The standard InChI is InChI=1S/C19H19N3O4/c1-26-19(25)15-10-5-9-14(21-15)18(24)22-12-6-11-16(22)17(23)20-13-7-3-2-4-8-13/h2-5,7-10,16H,6,11-12H2,1H3,(H,20,23)/t16-/m1/s1. The third-order valence-electron chi connectivity index (χ3n) is 4.22. The highest BCUT2D eigenvalue weighted by Crippen LogP contribution is 2.21. The molecule has 0 aliphatic carbocycles. The Balaban J connectivity index is 1.76. The summed E-state index contributed by atoms with van der Waals surface area (Å²) in [5.41, 5.74) is 0.859. The molecule has 1 atom stereocenters. The molecule has 2 amide bonds. The molecule has 2 aromatic rings. The van der Waals surface area contributed by atoms with E-state index in [9.17, 15) is 14.4 Å². The summed E-state index contributed by atoms with van der Waals surface area (Å²) in [7, 11) is 1.25. The lowest BCUT2D eigenvalue weighted by Gasteiger charge is -2.23. The molecule has 1 aliphatic heterocycles. The fourth-order valence-corrected chi connectivity index (χ4v) is 2.95. The van der Waals surface area contributed by atoms with E-state index in [1.54, 1.807) is 18.2 Å². The molecule has 0 radical (unpaired) electrons. The maximum absolute atomic E-state index is 12.8. The molecule has 0 spiro atoms. The molecule has 134 valence electrons. The summed E-state index contributed by atoms with van der Waals surface area (Å²) in [5.74, 6) is -1.22. The van der Waals surface area contributed by atoms with E-state index in [0.717, 1.165) is 6.42 Å². The van der Waals surface area contributed by atoms with Gasteiger partial charge in [-0.1, -0.05) is 24.3 Å². The lowest BCUT2D eigenvalue weighted by atomic mass is 10.2. The number of amides is 2. The number of anilines is 1. The van der Waals surface area contributed by atoms with Crippen molar-refractivity contribution < 1.29 is 19.1 Å². The van der Waals surface area contributed by atoms with Crippen LogP contribution in [0.1, 0.15) is 33.8 Å². The highest BCUT2D eigenvalue weighted by atomic mass is 16.5. The van der Waals surface area contributed by atoms with Gasteiger partial charge in [0.25, 0.3) is 5.91 Å². The Bertz CT molecular complexity index is 823. The number of nitrogens with zero attached hydrogens (tertiary/aromatic N) is 2. The molecule has 3 rings (SSSR count). The molecule has 1 aromatic carbocycles. The second-order valence-electron chi connectivity index (χ2n) is 5.91. The van der Waals surface area contributed by atoms with Crippen molar-refractivity contribution in [3.63, 3.8) is 0 Å². The number of hydrogen-bond acceptors (Lipinski definition) is 5. The van der Waals surface area contributed by atoms with Gasteiger partial charge in [0.2, 0.25) is 5.91 Å². The van der Waals surface area contributed by atoms with Gasteiger partial charge >= 0.3 is 5.97 Å². The van der Waals surface area contributed by atoms with E-state index < -0.39 is 12.0 Å². The van der Waals surface area contributed by atoms with E-state index in [2.05, 4.69) is 15.0 Å². The monoisotopic (exact) mass is 353 g/mol. The van der Waals surface area contributed by atoms with E-state index in [-0.39, 0.29) is 23.2 Å². The van der Waals surface area contributed by atoms with Crippen LogP contribution < -0.4 is 5.32 Å². The van der Waals surface area contributed by atoms with Gasteiger partial charge in [-0.05, 0) is 37.1 Å². The minimum atomic E-state index is -0.612. The van der Waals surface area contributed by atoms with E-state index in [1.807, 2.05) is 18.2 Å². The van der Waals surface area contributed by atoms with Crippen LogP contribution in [-0.2, 0) is 9.53 Å². The van der Waals surface area contributed by atoms with Crippen molar-refractivity contribution in [2.45, 2.75) is 18.9 Å². The first-order chi connectivity index (χ1) is 12.6. The van der Waals surface area contributed by atoms with E-state index in [1.165, 1.54) is 24.1 Å². The zero-order valence-electron chi connectivity index (χ0n) is 14.3. The molecule has 0 saturated carbocycles. The summed E-state index contributed by atoms with van der Waals surface area (Å²) in [5, 5.41) is 2.83. The van der Waals surface area contributed by atoms with Gasteiger partial charge in [0.05, 0.1) is 7.11 Å². The van der Waals surface area contributed by atoms with Crippen molar-refractivity contribution in [1.29, 1.82) is 0 Å². The van der Waals surface area contributed by atoms with Gasteiger partial charge in [-0.15, -0.1) is 0 Å². The van der Waals surface area contributed by atoms with Gasteiger partial charge in [0.1, 0.15) is 17.4 Å². The van der Waals surface area contributed by atoms with Crippen molar-refractivity contribution in [2.24, 2.45) is 0 Å². The van der Waals surface area contributed by atoms with Gasteiger partial charge < -0.3 is 15.0 Å². The number of aromatic nitrogens is 1. The number of ether oxygens (including phenoxy) is 1. The molecule has 1 saturated heterocycles. The number of methoxy groups -OCH3 is 1. The first-order valence-corrected chi connectivity index (χ1v) is 8.32. The van der Waals surface area contributed by atoms with Crippen LogP contribution in [0.15, 0.2) is 48.5 Å². The van der Waals surface area contributed by atoms with Crippen LogP contribution in [0, 0.1) is 0 Å². The third kappa shape index (κ3) is 3.72. The highest BCUT2D eigenvalue weighted by Gasteiger charge is 2.35. The minimum Gasteiger partial charge on any atom is -0.464 e. The summed E-state index contributed by atoms with van der Waals surface area (Å²) in [6.07, 6.45) is 1.32. The molecule has 7 heteroatoms. The SMILES string of the molecule is COC(=O)c1cccc(C(=O)N2CCC[C@@H]2C(=O)Nc2ccccc2)n1. The summed E-state index contributed by atoms with van der Waals surface area (Å²) in [6, 6.07) is 13.1. The van der Waals surface area contributed by atoms with Crippen LogP contribution in [0.3, 0.4) is 0 Å². The predicted molar refractivity (Wildman–Crippen MR) is 94.7 cm³/mol. The number of para-hydroxylation sites is 1. The lowest BCUT2D eigenvalue weighted by molar-refractivity contribution is -0.119. The maximum Gasteiger partial charge on any atom is 0.356 e. The zero-order valence-corrected chi connectivity index (χ0v) is 14.3. The zero-order chi connectivity index (χ0) is 18.5. The number of esters is 1. The van der Waals surface area contributed by atoms with E-state index in [4.69, 9.17) is 0 Å². The quantitative estimate of drug-likeness (QED) is 0.851. The van der Waals surface area contributed by atoms with Gasteiger partial charge in [-0.2, -0.15) is 0 Å². The Hall–Kier alpha value is -3.22. The number of hydrogen-bond donors (Lipinski definition) is 1. The van der Waals surface area contributed by atoms with Crippen LogP contribution in [0.5, 0.6) is 0 Å². The first-order valence-electron chi connectivity index (χ1n) is 8.32. The molecule has 1 N–H and O–H groups in total. The molecular weight excluding hydrogens is 334 g/mol. The van der Waals surface area contributed by atoms with Gasteiger partial charge in [-0.3, -0.25) is 9.59 Å². The lowest BCUT2D eigenvalue weighted by Crippen LogP contribution is -2.43. The Labute approximate surface area is 151 Å². The van der Waals surface area contributed by atoms with Gasteiger partial charge in [0, 0.05) is 12.2 Å². The Kier molecular flexibility index (Phi) is 5.26.